The molecule has 0 saturated carbocycles. The number of nitrogens with zero attached hydrogens (tertiary/aromatic N) is 2. The van der Waals surface area contributed by atoms with Gasteiger partial charge < -0.3 is 20.4 Å². The topological polar surface area (TPSA) is 64.7 Å². The minimum atomic E-state index is -0.242. The van der Waals surface area contributed by atoms with Crippen LogP contribution in [0.3, 0.4) is 0 Å². The van der Waals surface area contributed by atoms with Crippen LogP contribution in [0.15, 0.2) is 48.5 Å². The van der Waals surface area contributed by atoms with Crippen LogP contribution in [0.5, 0.6) is 0 Å². The number of nitrogens with one attached hydrogen (secondary N) is 2. The Morgan fingerprint density at radius 1 is 0.960 bits per heavy atom. The summed E-state index contributed by atoms with van der Waals surface area (Å²) in [6, 6.07) is 14.8. The minimum absolute atomic E-state index is 0.187. The molecule has 0 spiro atoms. The largest absolute Gasteiger partial charge is 0.377 e. The second-order valence-corrected chi connectivity index (χ2v) is 6.12. The minimum Gasteiger partial charge on any atom is -0.377 e. The van der Waals surface area contributed by atoms with Gasteiger partial charge in [-0.2, -0.15) is 0 Å². The quantitative estimate of drug-likeness (QED) is 0.880. The molecule has 0 fully saturated rings. The van der Waals surface area contributed by atoms with Gasteiger partial charge in [0.05, 0.1) is 5.56 Å². The fourth-order valence-corrected chi connectivity index (χ4v) is 2.29. The monoisotopic (exact) mass is 340 g/mol. The Balaban J connectivity index is 2.20. The van der Waals surface area contributed by atoms with E-state index in [0.29, 0.717) is 17.8 Å². The molecule has 2 N–H and O–H groups in total. The number of urea groups is 1. The molecule has 0 aliphatic rings. The van der Waals surface area contributed by atoms with Gasteiger partial charge in [0, 0.05) is 46.1 Å². The predicted molar refractivity (Wildman–Crippen MR) is 101 cm³/mol. The summed E-state index contributed by atoms with van der Waals surface area (Å²) in [6.07, 6.45) is 0. The molecule has 0 saturated heterocycles. The summed E-state index contributed by atoms with van der Waals surface area (Å²) in [4.78, 5) is 27.8. The Morgan fingerprint density at radius 2 is 1.64 bits per heavy atom. The lowest BCUT2D eigenvalue weighted by Crippen LogP contribution is -2.28. The van der Waals surface area contributed by atoms with Gasteiger partial charge in [-0.05, 0) is 23.8 Å². The highest BCUT2D eigenvalue weighted by Gasteiger charge is 2.15. The van der Waals surface area contributed by atoms with Gasteiger partial charge in [0.25, 0.3) is 5.91 Å². The molecule has 0 aliphatic carbocycles. The van der Waals surface area contributed by atoms with Gasteiger partial charge in [0.15, 0.2) is 0 Å². The molecule has 0 bridgehead atoms. The van der Waals surface area contributed by atoms with Crippen molar-refractivity contribution in [2.75, 3.05) is 38.4 Å². The molecule has 132 valence electrons. The maximum Gasteiger partial charge on any atom is 0.321 e. The van der Waals surface area contributed by atoms with E-state index in [9.17, 15) is 9.59 Å². The number of hydrogen-bond acceptors (Lipinski definition) is 3. The molecule has 0 radical (unpaired) electrons. The van der Waals surface area contributed by atoms with Crippen molar-refractivity contribution in [1.82, 2.24) is 10.2 Å². The van der Waals surface area contributed by atoms with Crippen molar-refractivity contribution in [3.63, 3.8) is 0 Å². The first-order valence-electron chi connectivity index (χ1n) is 8.00. The van der Waals surface area contributed by atoms with Gasteiger partial charge >= 0.3 is 6.03 Å². The second kappa shape index (κ2) is 8.19. The third kappa shape index (κ3) is 4.97. The van der Waals surface area contributed by atoms with Crippen LogP contribution in [0, 0.1) is 0 Å². The SMILES string of the molecule is CN(C)C(=O)Nc1ccc(N(C)C)c(C(=O)NCc2ccccc2)c1. The van der Waals surface area contributed by atoms with Gasteiger partial charge in [-0.1, -0.05) is 30.3 Å². The molecule has 2 aromatic rings. The van der Waals surface area contributed by atoms with Crippen molar-refractivity contribution in [3.8, 4) is 0 Å². The number of benzene rings is 2. The third-order valence-corrected chi connectivity index (χ3v) is 3.68. The van der Waals surface area contributed by atoms with E-state index in [2.05, 4.69) is 10.6 Å². The molecule has 2 rings (SSSR count). The second-order valence-electron chi connectivity index (χ2n) is 6.12. The van der Waals surface area contributed by atoms with Crippen LogP contribution >= 0.6 is 0 Å². The van der Waals surface area contributed by atoms with E-state index in [-0.39, 0.29) is 11.9 Å². The van der Waals surface area contributed by atoms with E-state index in [1.54, 1.807) is 26.2 Å². The average molecular weight is 340 g/mol. The fraction of sp³-hybridized carbons (Fsp3) is 0.263. The fourth-order valence-electron chi connectivity index (χ4n) is 2.29. The lowest BCUT2D eigenvalue weighted by atomic mass is 10.1. The number of hydrogen-bond donors (Lipinski definition) is 2. The Morgan fingerprint density at radius 3 is 2.24 bits per heavy atom. The molecule has 0 atom stereocenters. The van der Waals surface area contributed by atoms with Crippen LogP contribution in [0.25, 0.3) is 0 Å². The van der Waals surface area contributed by atoms with E-state index in [4.69, 9.17) is 0 Å². The first-order chi connectivity index (χ1) is 11.9. The summed E-state index contributed by atoms with van der Waals surface area (Å²) >= 11 is 0. The molecular formula is C19H24N4O2. The number of rotatable bonds is 5. The van der Waals surface area contributed by atoms with Crippen LogP contribution in [0.4, 0.5) is 16.2 Å². The van der Waals surface area contributed by atoms with Gasteiger partial charge in [0.2, 0.25) is 0 Å². The van der Waals surface area contributed by atoms with Crippen LogP contribution in [0.2, 0.25) is 0 Å². The van der Waals surface area contributed by atoms with Gasteiger partial charge in [0.1, 0.15) is 0 Å². The molecule has 25 heavy (non-hydrogen) atoms. The van der Waals surface area contributed by atoms with E-state index in [1.807, 2.05) is 55.4 Å². The van der Waals surface area contributed by atoms with Crippen molar-refractivity contribution in [1.29, 1.82) is 0 Å². The standard InChI is InChI=1S/C19H24N4O2/c1-22(2)17-11-10-15(21-19(25)23(3)4)12-16(17)18(24)20-13-14-8-6-5-7-9-14/h5-12H,13H2,1-4H3,(H,20,24)(H,21,25). The molecule has 0 unspecified atom stereocenters. The Kier molecular flexibility index (Phi) is 6.00. The third-order valence-electron chi connectivity index (χ3n) is 3.68. The van der Waals surface area contributed by atoms with E-state index >= 15 is 0 Å². The van der Waals surface area contributed by atoms with Crippen molar-refractivity contribution < 1.29 is 9.59 Å². The molecule has 0 heterocycles. The summed E-state index contributed by atoms with van der Waals surface area (Å²) in [7, 11) is 7.08. The highest BCUT2D eigenvalue weighted by atomic mass is 16.2. The van der Waals surface area contributed by atoms with Crippen molar-refractivity contribution in [2.24, 2.45) is 0 Å². The zero-order valence-corrected chi connectivity index (χ0v) is 15.0. The zero-order chi connectivity index (χ0) is 18.4. The van der Waals surface area contributed by atoms with E-state index in [1.165, 1.54) is 4.90 Å². The van der Waals surface area contributed by atoms with Crippen LogP contribution in [-0.4, -0.2) is 45.0 Å². The summed E-state index contributed by atoms with van der Waals surface area (Å²) in [6.45, 7) is 0.445. The smallest absolute Gasteiger partial charge is 0.321 e. The van der Waals surface area contributed by atoms with Crippen molar-refractivity contribution >= 4 is 23.3 Å². The van der Waals surface area contributed by atoms with Crippen LogP contribution in [-0.2, 0) is 6.54 Å². The number of carbonyl (C=O) groups is 2. The van der Waals surface area contributed by atoms with Gasteiger partial charge in [-0.25, -0.2) is 4.79 Å². The maximum absolute atomic E-state index is 12.7. The summed E-state index contributed by atoms with van der Waals surface area (Å²) in [5.41, 5.74) is 2.90. The Bertz CT molecular complexity index is 742. The highest BCUT2D eigenvalue weighted by Crippen LogP contribution is 2.23. The van der Waals surface area contributed by atoms with Gasteiger partial charge in [-0.3, -0.25) is 4.79 Å². The average Bonchev–Trinajstić information content (AvgIpc) is 2.60. The molecule has 6 nitrogen and oxygen atoms in total. The van der Waals surface area contributed by atoms with Crippen LogP contribution < -0.4 is 15.5 Å². The summed E-state index contributed by atoms with van der Waals surface area (Å²) < 4.78 is 0. The summed E-state index contributed by atoms with van der Waals surface area (Å²) in [5.74, 6) is -0.187. The molecule has 0 aromatic heterocycles. The molecule has 6 heteroatoms. The predicted octanol–water partition coefficient (Wildman–Crippen LogP) is 2.78. The van der Waals surface area contributed by atoms with E-state index < -0.39 is 0 Å². The number of anilines is 2. The van der Waals surface area contributed by atoms with E-state index in [0.717, 1.165) is 11.3 Å². The Labute approximate surface area is 148 Å². The molecule has 3 amide bonds. The number of carbonyl (C=O) groups excluding carboxylic acids is 2. The first-order valence-corrected chi connectivity index (χ1v) is 8.00. The lowest BCUT2D eigenvalue weighted by Gasteiger charge is -2.19. The van der Waals surface area contributed by atoms with Crippen molar-refractivity contribution in [2.45, 2.75) is 6.54 Å². The van der Waals surface area contributed by atoms with Crippen LogP contribution in [0.1, 0.15) is 15.9 Å². The zero-order valence-electron chi connectivity index (χ0n) is 15.0. The first kappa shape index (κ1) is 18.3. The maximum atomic E-state index is 12.7. The normalized spacial score (nSPS) is 10.1. The Hall–Kier alpha value is -3.02. The lowest BCUT2D eigenvalue weighted by molar-refractivity contribution is 0.0951. The highest BCUT2D eigenvalue weighted by molar-refractivity contribution is 6.01. The molecular weight excluding hydrogens is 316 g/mol. The van der Waals surface area contributed by atoms with Gasteiger partial charge in [-0.15, -0.1) is 0 Å². The van der Waals surface area contributed by atoms with Crippen molar-refractivity contribution in [3.05, 3.63) is 59.7 Å². The molecule has 2 aromatic carbocycles. The summed E-state index contributed by atoms with van der Waals surface area (Å²) in [5, 5.41) is 5.69. The number of amides is 3. The molecule has 0 aliphatic heterocycles.